The van der Waals surface area contributed by atoms with Crippen molar-refractivity contribution in [3.8, 4) is 0 Å². The van der Waals surface area contributed by atoms with Crippen LogP contribution in [0.3, 0.4) is 0 Å². The molecule has 1 saturated heterocycles. The molecule has 1 aliphatic carbocycles. The summed E-state index contributed by atoms with van der Waals surface area (Å²) >= 11 is 0. The van der Waals surface area contributed by atoms with Gasteiger partial charge in [0, 0.05) is 6.42 Å². The zero-order valence-electron chi connectivity index (χ0n) is 12.8. The minimum Gasteiger partial charge on any atom is -0.481 e. The fraction of sp³-hybridized carbons (Fsp3) is 0.875. The molecule has 0 bridgehead atoms. The molecule has 0 aromatic rings. The van der Waals surface area contributed by atoms with E-state index in [1.165, 1.54) is 0 Å². The first-order chi connectivity index (χ1) is 10.1. The zero-order valence-corrected chi connectivity index (χ0v) is 12.8. The summed E-state index contributed by atoms with van der Waals surface area (Å²) in [6.45, 7) is 2.10. The van der Waals surface area contributed by atoms with Crippen LogP contribution in [0.2, 0.25) is 0 Å². The van der Waals surface area contributed by atoms with Crippen LogP contribution in [-0.4, -0.2) is 35.6 Å². The smallest absolute Gasteiger partial charge is 0.305 e. The molecule has 2 rings (SSSR count). The molecule has 5 nitrogen and oxygen atoms in total. The number of carboxylic acids is 1. The number of hydrogen-bond acceptors (Lipinski definition) is 3. The van der Waals surface area contributed by atoms with Crippen molar-refractivity contribution in [3.63, 3.8) is 0 Å². The Balaban J connectivity index is 1.81. The van der Waals surface area contributed by atoms with Crippen LogP contribution in [0.25, 0.3) is 0 Å². The summed E-state index contributed by atoms with van der Waals surface area (Å²) in [7, 11) is 0. The van der Waals surface area contributed by atoms with Crippen LogP contribution in [0.15, 0.2) is 0 Å². The van der Waals surface area contributed by atoms with Gasteiger partial charge in [-0.1, -0.05) is 19.3 Å². The Hall–Kier alpha value is -1.10. The Kier molecular flexibility index (Phi) is 6.03. The van der Waals surface area contributed by atoms with Gasteiger partial charge in [0.25, 0.3) is 0 Å². The van der Waals surface area contributed by atoms with Crippen LogP contribution in [-0.2, 0) is 9.59 Å². The lowest BCUT2D eigenvalue weighted by Crippen LogP contribution is -2.51. The molecule has 120 valence electrons. The van der Waals surface area contributed by atoms with Crippen LogP contribution in [0.4, 0.5) is 0 Å². The Morgan fingerprint density at radius 1 is 1.14 bits per heavy atom. The van der Waals surface area contributed by atoms with Gasteiger partial charge in [-0.3, -0.25) is 9.59 Å². The molecule has 1 aliphatic heterocycles. The zero-order chi connectivity index (χ0) is 15.1. The largest absolute Gasteiger partial charge is 0.481 e. The highest BCUT2D eigenvalue weighted by Crippen LogP contribution is 2.31. The van der Waals surface area contributed by atoms with Gasteiger partial charge in [-0.15, -0.1) is 0 Å². The van der Waals surface area contributed by atoms with Crippen molar-refractivity contribution in [1.29, 1.82) is 0 Å². The summed E-state index contributed by atoms with van der Waals surface area (Å²) in [6.07, 6.45) is 8.60. The van der Waals surface area contributed by atoms with Crippen LogP contribution in [0, 0.1) is 5.92 Å². The minimum atomic E-state index is -0.810. The second kappa shape index (κ2) is 7.78. The van der Waals surface area contributed by atoms with E-state index < -0.39 is 11.5 Å². The van der Waals surface area contributed by atoms with E-state index in [1.807, 2.05) is 0 Å². The summed E-state index contributed by atoms with van der Waals surface area (Å²) in [5, 5.41) is 15.5. The molecule has 0 unspecified atom stereocenters. The van der Waals surface area contributed by atoms with E-state index in [9.17, 15) is 9.59 Å². The highest BCUT2D eigenvalue weighted by atomic mass is 16.4. The maximum Gasteiger partial charge on any atom is 0.305 e. The quantitative estimate of drug-likeness (QED) is 0.701. The molecule has 1 amide bonds. The lowest BCUT2D eigenvalue weighted by atomic mass is 9.79. The number of rotatable bonds is 6. The maximum atomic E-state index is 12.2. The summed E-state index contributed by atoms with van der Waals surface area (Å²) < 4.78 is 0. The van der Waals surface area contributed by atoms with Gasteiger partial charge in [-0.05, 0) is 51.1 Å². The normalized spacial score (nSPS) is 22.7. The van der Waals surface area contributed by atoms with Crippen LogP contribution in [0.1, 0.15) is 64.2 Å². The lowest BCUT2D eigenvalue weighted by molar-refractivity contribution is -0.139. The molecule has 0 aromatic carbocycles. The Morgan fingerprint density at radius 3 is 2.43 bits per heavy atom. The van der Waals surface area contributed by atoms with E-state index in [0.717, 1.165) is 64.5 Å². The van der Waals surface area contributed by atoms with Crippen LogP contribution in [0.5, 0.6) is 0 Å². The van der Waals surface area contributed by atoms with Gasteiger partial charge in [0.1, 0.15) is 0 Å². The molecule has 0 aromatic heterocycles. The van der Waals surface area contributed by atoms with Gasteiger partial charge in [0.05, 0.1) is 12.0 Å². The van der Waals surface area contributed by atoms with E-state index >= 15 is 0 Å². The number of carboxylic acid groups (broad SMARTS) is 1. The molecule has 2 aliphatic rings. The molecule has 3 N–H and O–H groups in total. The minimum absolute atomic E-state index is 0.0386. The third-order valence-electron chi connectivity index (χ3n) is 4.94. The van der Waals surface area contributed by atoms with Crippen molar-refractivity contribution in [2.75, 3.05) is 13.1 Å². The van der Waals surface area contributed by atoms with Gasteiger partial charge < -0.3 is 15.7 Å². The van der Waals surface area contributed by atoms with Crippen molar-refractivity contribution in [2.45, 2.75) is 69.7 Å². The topological polar surface area (TPSA) is 78.4 Å². The highest BCUT2D eigenvalue weighted by Gasteiger charge is 2.35. The molecule has 2 fully saturated rings. The number of aliphatic carboxylic acids is 1. The Bertz CT molecular complexity index is 359. The van der Waals surface area contributed by atoms with Crippen molar-refractivity contribution < 1.29 is 14.7 Å². The number of carbonyl (C=O) groups is 2. The SMILES string of the molecule is O=C(O)CC1(NC(=O)CCC2CCNCC2)CCCCC1. The van der Waals surface area contributed by atoms with Gasteiger partial charge >= 0.3 is 5.97 Å². The number of carbonyl (C=O) groups excluding carboxylic acids is 1. The second-order valence-corrected chi connectivity index (χ2v) is 6.69. The summed E-state index contributed by atoms with van der Waals surface area (Å²) in [6, 6.07) is 0. The molecule has 0 spiro atoms. The molecule has 0 atom stereocenters. The number of hydrogen-bond donors (Lipinski definition) is 3. The molecule has 21 heavy (non-hydrogen) atoms. The van der Waals surface area contributed by atoms with Gasteiger partial charge in [0.15, 0.2) is 0 Å². The maximum absolute atomic E-state index is 12.2. The average molecular weight is 296 g/mol. The van der Waals surface area contributed by atoms with Crippen molar-refractivity contribution >= 4 is 11.9 Å². The first-order valence-electron chi connectivity index (χ1n) is 8.33. The van der Waals surface area contributed by atoms with E-state index in [4.69, 9.17) is 5.11 Å². The molecular weight excluding hydrogens is 268 g/mol. The lowest BCUT2D eigenvalue weighted by Gasteiger charge is -2.37. The molecule has 1 heterocycles. The van der Waals surface area contributed by atoms with Gasteiger partial charge in [0.2, 0.25) is 5.91 Å². The standard InChI is InChI=1S/C16H28N2O3/c19-14(5-4-13-6-10-17-11-7-13)18-16(12-15(20)21)8-2-1-3-9-16/h13,17H,1-12H2,(H,18,19)(H,20,21). The number of amides is 1. The predicted octanol–water partition coefficient (Wildman–Crippen LogP) is 2.06. The molecule has 1 saturated carbocycles. The molecule has 0 radical (unpaired) electrons. The third-order valence-corrected chi connectivity index (χ3v) is 4.94. The van der Waals surface area contributed by atoms with Crippen LogP contribution >= 0.6 is 0 Å². The van der Waals surface area contributed by atoms with Gasteiger partial charge in [-0.2, -0.15) is 0 Å². The highest BCUT2D eigenvalue weighted by molar-refractivity contribution is 5.78. The predicted molar refractivity (Wildman–Crippen MR) is 81.0 cm³/mol. The summed E-state index contributed by atoms with van der Waals surface area (Å²) in [4.78, 5) is 23.3. The first-order valence-corrected chi connectivity index (χ1v) is 8.33. The fourth-order valence-electron chi connectivity index (χ4n) is 3.73. The van der Waals surface area contributed by atoms with Crippen molar-refractivity contribution in [2.24, 2.45) is 5.92 Å². The summed E-state index contributed by atoms with van der Waals surface area (Å²) in [5.74, 6) is -0.133. The Morgan fingerprint density at radius 2 is 1.81 bits per heavy atom. The van der Waals surface area contributed by atoms with Crippen molar-refractivity contribution in [1.82, 2.24) is 10.6 Å². The average Bonchev–Trinajstić information content (AvgIpc) is 2.46. The van der Waals surface area contributed by atoms with Crippen LogP contribution < -0.4 is 10.6 Å². The van der Waals surface area contributed by atoms with E-state index in [1.54, 1.807) is 0 Å². The number of nitrogens with one attached hydrogen (secondary N) is 2. The third kappa shape index (κ3) is 5.30. The van der Waals surface area contributed by atoms with E-state index in [0.29, 0.717) is 12.3 Å². The van der Waals surface area contributed by atoms with E-state index in [2.05, 4.69) is 10.6 Å². The fourth-order valence-corrected chi connectivity index (χ4v) is 3.73. The Labute approximate surface area is 126 Å². The van der Waals surface area contributed by atoms with Crippen molar-refractivity contribution in [3.05, 3.63) is 0 Å². The monoisotopic (exact) mass is 296 g/mol. The van der Waals surface area contributed by atoms with Gasteiger partial charge in [-0.25, -0.2) is 0 Å². The molecular formula is C16H28N2O3. The summed E-state index contributed by atoms with van der Waals surface area (Å²) in [5.41, 5.74) is -0.491. The number of piperidine rings is 1. The first kappa shape index (κ1) is 16.3. The van der Waals surface area contributed by atoms with E-state index in [-0.39, 0.29) is 12.3 Å². The molecule has 5 heteroatoms. The second-order valence-electron chi connectivity index (χ2n) is 6.69.